The van der Waals surface area contributed by atoms with Gasteiger partial charge in [-0.05, 0) is 41.0 Å². The van der Waals surface area contributed by atoms with Gasteiger partial charge in [-0.25, -0.2) is 9.18 Å². The van der Waals surface area contributed by atoms with Gasteiger partial charge in [-0.1, -0.05) is 54.6 Å². The highest BCUT2D eigenvalue weighted by Gasteiger charge is 2.58. The standard InChI is InChI=1S/C30H29FN2O8/c1-38-22-12-8-20(9-13-22)29(19-6-4-3-5-7-19,21-10-14-23(39-2)15-11-21)40-18-24-26(35)30(31,37)27(41-24)33-17-16-25(34)32-28(33)36/h3-17,24,26-27,35,37H,18H2,1-2H3,(H,32,34,36)/t24-,26-,27-,30-/m1/s1. The van der Waals surface area contributed by atoms with Crippen LogP contribution in [0.15, 0.2) is 101 Å². The number of aliphatic hydroxyl groups excluding tert-OH is 1. The van der Waals surface area contributed by atoms with E-state index in [9.17, 15) is 19.8 Å². The first-order valence-electron chi connectivity index (χ1n) is 12.8. The number of ether oxygens (including phenoxy) is 4. The summed E-state index contributed by atoms with van der Waals surface area (Å²) in [5.74, 6) is -2.13. The van der Waals surface area contributed by atoms with Crippen LogP contribution in [-0.4, -0.2) is 58.7 Å². The molecule has 3 aromatic carbocycles. The van der Waals surface area contributed by atoms with E-state index < -0.39 is 47.7 Å². The molecule has 0 radical (unpaired) electrons. The summed E-state index contributed by atoms with van der Waals surface area (Å²) in [5, 5.41) is 21.3. The average Bonchev–Trinajstić information content (AvgIpc) is 3.22. The van der Waals surface area contributed by atoms with Crippen LogP contribution in [0.5, 0.6) is 11.5 Å². The number of rotatable bonds is 9. The number of aliphatic hydroxyl groups is 2. The maximum Gasteiger partial charge on any atom is 0.330 e. The van der Waals surface area contributed by atoms with E-state index in [2.05, 4.69) is 0 Å². The molecule has 4 aromatic rings. The number of benzene rings is 3. The molecule has 0 unspecified atom stereocenters. The van der Waals surface area contributed by atoms with E-state index in [1.807, 2.05) is 59.6 Å². The second kappa shape index (κ2) is 11.3. The Kier molecular flexibility index (Phi) is 7.78. The molecule has 2 heterocycles. The molecule has 3 N–H and O–H groups in total. The van der Waals surface area contributed by atoms with Gasteiger partial charge >= 0.3 is 5.69 Å². The van der Waals surface area contributed by atoms with Crippen molar-refractivity contribution in [3.63, 3.8) is 0 Å². The molecule has 4 atom stereocenters. The maximum atomic E-state index is 15.5. The number of aromatic nitrogens is 2. The number of halogens is 1. The van der Waals surface area contributed by atoms with Crippen molar-refractivity contribution < 1.29 is 33.6 Å². The first-order valence-corrected chi connectivity index (χ1v) is 12.8. The van der Waals surface area contributed by atoms with Crippen molar-refractivity contribution in [3.05, 3.63) is 129 Å². The van der Waals surface area contributed by atoms with Crippen LogP contribution in [0.2, 0.25) is 0 Å². The van der Waals surface area contributed by atoms with Crippen molar-refractivity contribution in [2.75, 3.05) is 20.8 Å². The lowest BCUT2D eigenvalue weighted by Gasteiger charge is -2.37. The molecule has 1 aliphatic rings. The molecule has 0 spiro atoms. The molecule has 0 amide bonds. The summed E-state index contributed by atoms with van der Waals surface area (Å²) in [6.45, 7) is -0.408. The van der Waals surface area contributed by atoms with Gasteiger partial charge in [-0.3, -0.25) is 14.3 Å². The normalized spacial score (nSPS) is 22.4. The van der Waals surface area contributed by atoms with Crippen molar-refractivity contribution in [2.45, 2.75) is 29.9 Å². The van der Waals surface area contributed by atoms with Gasteiger partial charge in [0.25, 0.3) is 11.4 Å². The minimum Gasteiger partial charge on any atom is -0.497 e. The number of hydrogen-bond donors (Lipinski definition) is 3. The Balaban J connectivity index is 1.58. The molecule has 11 heteroatoms. The second-order valence-corrected chi connectivity index (χ2v) is 9.53. The smallest absolute Gasteiger partial charge is 0.330 e. The molecule has 5 rings (SSSR count). The lowest BCUT2D eigenvalue weighted by atomic mass is 9.80. The van der Waals surface area contributed by atoms with Gasteiger partial charge in [-0.2, -0.15) is 0 Å². The lowest BCUT2D eigenvalue weighted by Crippen LogP contribution is -2.46. The Morgan fingerprint density at radius 1 is 0.902 bits per heavy atom. The summed E-state index contributed by atoms with van der Waals surface area (Å²) in [7, 11) is 3.11. The van der Waals surface area contributed by atoms with Crippen LogP contribution in [0.25, 0.3) is 0 Å². The molecular weight excluding hydrogens is 535 g/mol. The Hall–Kier alpha value is -4.29. The fraction of sp³-hybridized carbons (Fsp3) is 0.267. The summed E-state index contributed by atoms with van der Waals surface area (Å²) in [6.07, 6.45) is -4.46. The quantitative estimate of drug-likeness (QED) is 0.264. The number of nitrogens with zero attached hydrogens (tertiary/aromatic N) is 1. The van der Waals surface area contributed by atoms with Crippen LogP contribution in [0.1, 0.15) is 22.9 Å². The average molecular weight is 565 g/mol. The van der Waals surface area contributed by atoms with Crippen molar-refractivity contribution in [1.82, 2.24) is 9.55 Å². The number of methoxy groups -OCH3 is 2. The van der Waals surface area contributed by atoms with E-state index in [-0.39, 0.29) is 0 Å². The third-order valence-electron chi connectivity index (χ3n) is 7.16. The zero-order valence-electron chi connectivity index (χ0n) is 22.3. The number of H-pyrrole nitrogens is 1. The fourth-order valence-electron chi connectivity index (χ4n) is 5.03. The summed E-state index contributed by atoms with van der Waals surface area (Å²) in [4.78, 5) is 25.8. The molecule has 1 aromatic heterocycles. The molecule has 1 fully saturated rings. The molecule has 214 valence electrons. The topological polar surface area (TPSA) is 132 Å². The molecule has 0 saturated carbocycles. The van der Waals surface area contributed by atoms with Gasteiger partial charge in [-0.15, -0.1) is 0 Å². The zero-order chi connectivity index (χ0) is 29.2. The maximum absolute atomic E-state index is 15.5. The monoisotopic (exact) mass is 564 g/mol. The van der Waals surface area contributed by atoms with Crippen molar-refractivity contribution in [2.24, 2.45) is 0 Å². The molecule has 0 bridgehead atoms. The minimum absolute atomic E-state index is 0.408. The van der Waals surface area contributed by atoms with Gasteiger partial charge < -0.3 is 29.2 Å². The highest BCUT2D eigenvalue weighted by atomic mass is 19.2. The first kappa shape index (κ1) is 28.2. The highest BCUT2D eigenvalue weighted by Crippen LogP contribution is 2.44. The van der Waals surface area contributed by atoms with Crippen LogP contribution >= 0.6 is 0 Å². The number of aromatic amines is 1. The lowest BCUT2D eigenvalue weighted by molar-refractivity contribution is -0.197. The van der Waals surface area contributed by atoms with E-state index in [1.165, 1.54) is 0 Å². The Morgan fingerprint density at radius 3 is 1.95 bits per heavy atom. The largest absolute Gasteiger partial charge is 0.497 e. The molecule has 10 nitrogen and oxygen atoms in total. The van der Waals surface area contributed by atoms with Crippen molar-refractivity contribution in [3.8, 4) is 11.5 Å². The predicted octanol–water partition coefficient (Wildman–Crippen LogP) is 2.48. The molecule has 0 aliphatic carbocycles. The number of hydrogen-bond acceptors (Lipinski definition) is 8. The highest BCUT2D eigenvalue weighted by molar-refractivity contribution is 5.49. The summed E-state index contributed by atoms with van der Waals surface area (Å²) < 4.78 is 39.1. The zero-order valence-corrected chi connectivity index (χ0v) is 22.3. The van der Waals surface area contributed by atoms with E-state index in [0.717, 1.165) is 12.3 Å². The fourth-order valence-corrected chi connectivity index (χ4v) is 5.03. The predicted molar refractivity (Wildman–Crippen MR) is 146 cm³/mol. The molecular formula is C30H29FN2O8. The number of alkyl halides is 1. The van der Waals surface area contributed by atoms with E-state index in [4.69, 9.17) is 18.9 Å². The Morgan fingerprint density at radius 2 is 1.44 bits per heavy atom. The van der Waals surface area contributed by atoms with E-state index >= 15 is 4.39 Å². The van der Waals surface area contributed by atoms with Gasteiger partial charge in [0.1, 0.15) is 29.3 Å². The summed E-state index contributed by atoms with van der Waals surface area (Å²) in [5.41, 5.74) is -0.936. The molecule has 41 heavy (non-hydrogen) atoms. The van der Waals surface area contributed by atoms with Gasteiger partial charge in [0.15, 0.2) is 6.23 Å². The van der Waals surface area contributed by atoms with Crippen LogP contribution in [0.4, 0.5) is 4.39 Å². The van der Waals surface area contributed by atoms with Crippen LogP contribution in [0, 0.1) is 0 Å². The third kappa shape index (κ3) is 5.16. The molecule has 1 saturated heterocycles. The third-order valence-corrected chi connectivity index (χ3v) is 7.16. The van der Waals surface area contributed by atoms with Crippen LogP contribution in [-0.2, 0) is 15.1 Å². The van der Waals surface area contributed by atoms with Crippen LogP contribution in [0.3, 0.4) is 0 Å². The minimum atomic E-state index is -3.37. The van der Waals surface area contributed by atoms with E-state index in [0.29, 0.717) is 32.8 Å². The number of nitrogens with one attached hydrogen (secondary N) is 1. The summed E-state index contributed by atoms with van der Waals surface area (Å²) >= 11 is 0. The Labute approximate surface area is 234 Å². The Bertz CT molecular complexity index is 1540. The first-order chi connectivity index (χ1) is 19.7. The van der Waals surface area contributed by atoms with Gasteiger partial charge in [0.05, 0.1) is 20.8 Å². The second-order valence-electron chi connectivity index (χ2n) is 9.53. The van der Waals surface area contributed by atoms with Crippen LogP contribution < -0.4 is 20.7 Å². The van der Waals surface area contributed by atoms with E-state index in [1.54, 1.807) is 38.5 Å². The van der Waals surface area contributed by atoms with Crippen molar-refractivity contribution >= 4 is 0 Å². The SMILES string of the molecule is COc1ccc(C(OC[C@H]2O[C@@H](n3ccc(=O)[nH]c3=O)[C@@](O)(F)[C@@H]2O)(c2ccccc2)c2ccc(OC)cc2)cc1. The van der Waals surface area contributed by atoms with Gasteiger partial charge in [0.2, 0.25) is 0 Å². The molecule has 1 aliphatic heterocycles. The van der Waals surface area contributed by atoms with Crippen molar-refractivity contribution in [1.29, 1.82) is 0 Å². The summed E-state index contributed by atoms with van der Waals surface area (Å²) in [6, 6.07) is 24.7. The van der Waals surface area contributed by atoms with Gasteiger partial charge in [0, 0.05) is 12.3 Å².